The minimum Gasteiger partial charge on any atom is -0.374 e. The smallest absolute Gasteiger partial charge is 0.263 e. The van der Waals surface area contributed by atoms with Crippen LogP contribution < -0.4 is 14.9 Å². The zero-order valence-electron chi connectivity index (χ0n) is 18.6. The maximum atomic E-state index is 12.9. The van der Waals surface area contributed by atoms with Crippen molar-refractivity contribution in [2.45, 2.75) is 17.9 Å². The summed E-state index contributed by atoms with van der Waals surface area (Å²) < 4.78 is 27.6. The number of sulfonamides is 1. The minimum atomic E-state index is -3.75. The molecule has 1 amide bonds. The van der Waals surface area contributed by atoms with E-state index in [2.05, 4.69) is 24.9 Å². The SMILES string of the molecule is CC(Nc1cccc(Cl)c1)C(=O)N1CCN(c2ccc(S(=O)(=O)Nc3ccncn3)cc2)CC1. The van der Waals surface area contributed by atoms with Gasteiger partial charge in [-0.2, -0.15) is 0 Å². The predicted octanol–water partition coefficient (Wildman–Crippen LogP) is 3.08. The van der Waals surface area contributed by atoms with Gasteiger partial charge in [-0.25, -0.2) is 18.4 Å². The molecule has 1 aliphatic rings. The fraction of sp³-hybridized carbons (Fsp3) is 0.261. The molecule has 1 aliphatic heterocycles. The highest BCUT2D eigenvalue weighted by atomic mass is 35.5. The average molecular weight is 501 g/mol. The Balaban J connectivity index is 1.32. The molecule has 178 valence electrons. The molecule has 9 nitrogen and oxygen atoms in total. The Morgan fingerprint density at radius 2 is 1.79 bits per heavy atom. The van der Waals surface area contributed by atoms with Crippen molar-refractivity contribution in [3.8, 4) is 0 Å². The van der Waals surface area contributed by atoms with Crippen LogP contribution in [0.2, 0.25) is 5.02 Å². The molecule has 34 heavy (non-hydrogen) atoms. The van der Waals surface area contributed by atoms with Crippen LogP contribution in [-0.4, -0.2) is 61.4 Å². The van der Waals surface area contributed by atoms with E-state index in [1.54, 1.807) is 36.4 Å². The van der Waals surface area contributed by atoms with Gasteiger partial charge in [0.05, 0.1) is 4.90 Å². The van der Waals surface area contributed by atoms with Crippen LogP contribution in [0.1, 0.15) is 6.92 Å². The number of halogens is 1. The molecular formula is C23H25ClN6O3S. The first kappa shape index (κ1) is 23.8. The van der Waals surface area contributed by atoms with Crippen LogP contribution in [0.4, 0.5) is 17.2 Å². The summed E-state index contributed by atoms with van der Waals surface area (Å²) in [6.07, 6.45) is 2.74. The van der Waals surface area contributed by atoms with Gasteiger partial charge in [0.25, 0.3) is 10.0 Å². The topological polar surface area (TPSA) is 108 Å². The van der Waals surface area contributed by atoms with Gasteiger partial charge in [-0.05, 0) is 55.5 Å². The van der Waals surface area contributed by atoms with Gasteiger partial charge in [0.1, 0.15) is 18.2 Å². The Kier molecular flexibility index (Phi) is 7.18. The van der Waals surface area contributed by atoms with Gasteiger partial charge in [0.15, 0.2) is 0 Å². The predicted molar refractivity (Wildman–Crippen MR) is 133 cm³/mol. The van der Waals surface area contributed by atoms with Crippen LogP contribution in [-0.2, 0) is 14.8 Å². The number of nitrogens with zero attached hydrogens (tertiary/aromatic N) is 4. The van der Waals surface area contributed by atoms with Crippen molar-refractivity contribution >= 4 is 44.7 Å². The van der Waals surface area contributed by atoms with Crippen molar-refractivity contribution in [1.29, 1.82) is 0 Å². The van der Waals surface area contributed by atoms with Crippen molar-refractivity contribution in [2.24, 2.45) is 0 Å². The Hall–Kier alpha value is -3.37. The number of carbonyl (C=O) groups excluding carboxylic acids is 1. The number of benzene rings is 2. The minimum absolute atomic E-state index is 0.0249. The molecule has 1 aromatic heterocycles. The van der Waals surface area contributed by atoms with Crippen LogP contribution >= 0.6 is 11.6 Å². The summed E-state index contributed by atoms with van der Waals surface area (Å²) in [4.78, 5) is 24.6. The molecule has 0 spiro atoms. The number of nitrogens with one attached hydrogen (secondary N) is 2. The zero-order chi connectivity index (χ0) is 24.1. The monoisotopic (exact) mass is 500 g/mol. The van der Waals surface area contributed by atoms with Crippen LogP contribution in [0.3, 0.4) is 0 Å². The van der Waals surface area contributed by atoms with E-state index in [-0.39, 0.29) is 22.7 Å². The molecule has 3 aromatic rings. The fourth-order valence-corrected chi connectivity index (χ4v) is 4.93. The standard InChI is InChI=1S/C23H25ClN6O3S/c1-17(27-19-4-2-3-18(24)15-19)23(31)30-13-11-29(12-14-30)20-5-7-21(8-6-20)34(32,33)28-22-9-10-25-16-26-22/h2-10,15-17,27H,11-14H2,1H3,(H,25,26,28). The van der Waals surface area contributed by atoms with Gasteiger partial charge in [0.2, 0.25) is 5.91 Å². The molecule has 2 aromatic carbocycles. The number of hydrogen-bond donors (Lipinski definition) is 2. The van der Waals surface area contributed by atoms with Crippen molar-refractivity contribution in [2.75, 3.05) is 41.1 Å². The van der Waals surface area contributed by atoms with Crippen LogP contribution in [0, 0.1) is 0 Å². The van der Waals surface area contributed by atoms with E-state index in [1.165, 1.54) is 18.6 Å². The molecule has 2 heterocycles. The van der Waals surface area contributed by atoms with Gasteiger partial charge in [-0.3, -0.25) is 9.52 Å². The van der Waals surface area contributed by atoms with Gasteiger partial charge in [0, 0.05) is 48.8 Å². The second kappa shape index (κ2) is 10.3. The Morgan fingerprint density at radius 3 is 2.44 bits per heavy atom. The summed E-state index contributed by atoms with van der Waals surface area (Å²) in [5.74, 6) is 0.232. The van der Waals surface area contributed by atoms with Gasteiger partial charge >= 0.3 is 0 Å². The first-order valence-electron chi connectivity index (χ1n) is 10.8. The highest BCUT2D eigenvalue weighted by Crippen LogP contribution is 2.22. The lowest BCUT2D eigenvalue weighted by molar-refractivity contribution is -0.131. The van der Waals surface area contributed by atoms with Crippen LogP contribution in [0.15, 0.2) is 72.0 Å². The Bertz CT molecular complexity index is 1230. The van der Waals surface area contributed by atoms with E-state index < -0.39 is 10.0 Å². The summed E-state index contributed by atoms with van der Waals surface area (Å²) in [5.41, 5.74) is 1.70. The van der Waals surface area contributed by atoms with E-state index in [1.807, 2.05) is 24.0 Å². The third-order valence-corrected chi connectivity index (χ3v) is 7.11. The van der Waals surface area contributed by atoms with Crippen molar-refractivity contribution in [3.63, 3.8) is 0 Å². The molecule has 1 atom stereocenters. The number of carbonyl (C=O) groups is 1. The number of anilines is 3. The van der Waals surface area contributed by atoms with Gasteiger partial charge in [-0.1, -0.05) is 17.7 Å². The molecule has 0 radical (unpaired) electrons. The first-order valence-corrected chi connectivity index (χ1v) is 12.6. The maximum Gasteiger partial charge on any atom is 0.263 e. The Labute approximate surface area is 203 Å². The third-order valence-electron chi connectivity index (χ3n) is 5.50. The molecular weight excluding hydrogens is 476 g/mol. The molecule has 1 fully saturated rings. The molecule has 0 saturated carbocycles. The average Bonchev–Trinajstić information content (AvgIpc) is 2.84. The van der Waals surface area contributed by atoms with E-state index in [4.69, 9.17) is 11.6 Å². The quantitative estimate of drug-likeness (QED) is 0.513. The first-order chi connectivity index (χ1) is 16.3. The molecule has 11 heteroatoms. The summed E-state index contributed by atoms with van der Waals surface area (Å²) in [6.45, 7) is 4.30. The van der Waals surface area contributed by atoms with Gasteiger partial charge in [-0.15, -0.1) is 0 Å². The van der Waals surface area contributed by atoms with Crippen LogP contribution in [0.25, 0.3) is 0 Å². The number of piperazine rings is 1. The fourth-order valence-electron chi connectivity index (χ4n) is 3.73. The third kappa shape index (κ3) is 5.75. The normalized spacial score (nSPS) is 15.0. The lowest BCUT2D eigenvalue weighted by Gasteiger charge is -2.37. The second-order valence-electron chi connectivity index (χ2n) is 7.88. The number of hydrogen-bond acceptors (Lipinski definition) is 7. The van der Waals surface area contributed by atoms with E-state index >= 15 is 0 Å². The second-order valence-corrected chi connectivity index (χ2v) is 10.0. The molecule has 0 bridgehead atoms. The molecule has 1 unspecified atom stereocenters. The maximum absolute atomic E-state index is 12.9. The number of amides is 1. The van der Waals surface area contributed by atoms with Crippen LogP contribution in [0.5, 0.6) is 0 Å². The lowest BCUT2D eigenvalue weighted by Crippen LogP contribution is -2.52. The summed E-state index contributed by atoms with van der Waals surface area (Å²) >= 11 is 6.02. The molecule has 4 rings (SSSR count). The molecule has 2 N–H and O–H groups in total. The number of aromatic nitrogens is 2. The lowest BCUT2D eigenvalue weighted by atomic mass is 10.2. The van der Waals surface area contributed by atoms with E-state index in [9.17, 15) is 13.2 Å². The van der Waals surface area contributed by atoms with Gasteiger partial charge < -0.3 is 15.1 Å². The largest absolute Gasteiger partial charge is 0.374 e. The summed E-state index contributed by atoms with van der Waals surface area (Å²) in [5, 5.41) is 3.81. The summed E-state index contributed by atoms with van der Waals surface area (Å²) in [7, 11) is -3.75. The van der Waals surface area contributed by atoms with E-state index in [0.29, 0.717) is 31.2 Å². The van der Waals surface area contributed by atoms with E-state index in [0.717, 1.165) is 11.4 Å². The van der Waals surface area contributed by atoms with Crippen molar-refractivity contribution in [1.82, 2.24) is 14.9 Å². The molecule has 1 saturated heterocycles. The Morgan fingerprint density at radius 1 is 1.06 bits per heavy atom. The van der Waals surface area contributed by atoms with Crippen molar-refractivity contribution < 1.29 is 13.2 Å². The van der Waals surface area contributed by atoms with Crippen molar-refractivity contribution in [3.05, 3.63) is 72.1 Å². The highest BCUT2D eigenvalue weighted by molar-refractivity contribution is 7.92. The summed E-state index contributed by atoms with van der Waals surface area (Å²) in [6, 6.07) is 15.1. The molecule has 0 aliphatic carbocycles. The number of rotatable bonds is 7. The highest BCUT2D eigenvalue weighted by Gasteiger charge is 2.25. The zero-order valence-corrected chi connectivity index (χ0v) is 20.1.